The highest BCUT2D eigenvalue weighted by atomic mass is 16.5. The second-order valence-corrected chi connectivity index (χ2v) is 4.80. The SMILES string of the molecule is CCOCCN(CC)CC(N)C1CCCC1. The molecule has 0 aliphatic heterocycles. The van der Waals surface area contributed by atoms with Gasteiger partial charge in [0.1, 0.15) is 0 Å². The van der Waals surface area contributed by atoms with Gasteiger partial charge < -0.3 is 10.5 Å². The van der Waals surface area contributed by atoms with Crippen LogP contribution < -0.4 is 5.73 Å². The van der Waals surface area contributed by atoms with Crippen molar-refractivity contribution < 1.29 is 4.74 Å². The third-order valence-corrected chi connectivity index (χ3v) is 3.68. The Hall–Kier alpha value is -0.120. The van der Waals surface area contributed by atoms with Crippen LogP contribution in [0.25, 0.3) is 0 Å². The molecule has 96 valence electrons. The van der Waals surface area contributed by atoms with Gasteiger partial charge in [-0.15, -0.1) is 0 Å². The monoisotopic (exact) mass is 228 g/mol. The Balaban J connectivity index is 2.19. The zero-order valence-corrected chi connectivity index (χ0v) is 11.0. The van der Waals surface area contributed by atoms with Crippen molar-refractivity contribution in [2.24, 2.45) is 11.7 Å². The summed E-state index contributed by atoms with van der Waals surface area (Å²) in [5, 5.41) is 0. The summed E-state index contributed by atoms with van der Waals surface area (Å²) in [6.07, 6.45) is 5.43. The Bertz CT molecular complexity index is 169. The Labute approximate surface area is 100 Å². The third-order valence-electron chi connectivity index (χ3n) is 3.68. The number of nitrogens with zero attached hydrogens (tertiary/aromatic N) is 1. The lowest BCUT2D eigenvalue weighted by Crippen LogP contribution is -2.42. The summed E-state index contributed by atoms with van der Waals surface area (Å²) in [7, 11) is 0. The number of hydrogen-bond donors (Lipinski definition) is 1. The fraction of sp³-hybridized carbons (Fsp3) is 1.00. The van der Waals surface area contributed by atoms with Crippen molar-refractivity contribution in [2.45, 2.75) is 45.6 Å². The van der Waals surface area contributed by atoms with Gasteiger partial charge in [0.2, 0.25) is 0 Å². The van der Waals surface area contributed by atoms with E-state index in [1.54, 1.807) is 0 Å². The highest BCUT2D eigenvalue weighted by Gasteiger charge is 2.23. The van der Waals surface area contributed by atoms with Crippen molar-refractivity contribution in [3.05, 3.63) is 0 Å². The molecule has 0 bridgehead atoms. The first-order valence-corrected chi connectivity index (χ1v) is 6.83. The summed E-state index contributed by atoms with van der Waals surface area (Å²) in [5.74, 6) is 0.765. The summed E-state index contributed by atoms with van der Waals surface area (Å²) >= 11 is 0. The van der Waals surface area contributed by atoms with Crippen molar-refractivity contribution in [3.8, 4) is 0 Å². The Kier molecular flexibility index (Phi) is 7.01. The van der Waals surface area contributed by atoms with Gasteiger partial charge in [-0.1, -0.05) is 19.8 Å². The zero-order chi connectivity index (χ0) is 11.8. The molecule has 0 aromatic rings. The van der Waals surface area contributed by atoms with Crippen LogP contribution in [0.3, 0.4) is 0 Å². The standard InChI is InChI=1S/C13H28N2O/c1-3-15(9-10-16-4-2)11-13(14)12-7-5-6-8-12/h12-13H,3-11,14H2,1-2H3. The lowest BCUT2D eigenvalue weighted by atomic mass is 9.98. The Morgan fingerprint density at radius 2 is 2.00 bits per heavy atom. The van der Waals surface area contributed by atoms with Gasteiger partial charge in [0.15, 0.2) is 0 Å². The van der Waals surface area contributed by atoms with Crippen molar-refractivity contribution in [1.29, 1.82) is 0 Å². The van der Waals surface area contributed by atoms with Gasteiger partial charge in [0, 0.05) is 25.7 Å². The average Bonchev–Trinajstić information content (AvgIpc) is 2.81. The molecule has 3 heteroatoms. The first-order chi connectivity index (χ1) is 7.77. The summed E-state index contributed by atoms with van der Waals surface area (Å²) in [4.78, 5) is 2.42. The molecule has 1 fully saturated rings. The zero-order valence-electron chi connectivity index (χ0n) is 11.0. The Morgan fingerprint density at radius 1 is 1.31 bits per heavy atom. The molecule has 3 nitrogen and oxygen atoms in total. The van der Waals surface area contributed by atoms with E-state index in [9.17, 15) is 0 Å². The molecule has 16 heavy (non-hydrogen) atoms. The highest BCUT2D eigenvalue weighted by molar-refractivity contribution is 4.80. The minimum atomic E-state index is 0.365. The molecule has 0 aromatic heterocycles. The molecule has 1 unspecified atom stereocenters. The van der Waals surface area contributed by atoms with E-state index in [0.717, 1.165) is 38.8 Å². The van der Waals surface area contributed by atoms with E-state index >= 15 is 0 Å². The van der Waals surface area contributed by atoms with E-state index < -0.39 is 0 Å². The quantitative estimate of drug-likeness (QED) is 0.645. The predicted octanol–water partition coefficient (Wildman–Crippen LogP) is 1.86. The molecule has 2 N–H and O–H groups in total. The van der Waals surface area contributed by atoms with E-state index in [-0.39, 0.29) is 0 Å². The lowest BCUT2D eigenvalue weighted by Gasteiger charge is -2.27. The van der Waals surface area contributed by atoms with Crippen LogP contribution in [0.2, 0.25) is 0 Å². The van der Waals surface area contributed by atoms with Crippen LogP contribution in [0.15, 0.2) is 0 Å². The summed E-state index contributed by atoms with van der Waals surface area (Å²) < 4.78 is 5.39. The minimum Gasteiger partial charge on any atom is -0.380 e. The van der Waals surface area contributed by atoms with Crippen LogP contribution in [-0.2, 0) is 4.74 Å². The van der Waals surface area contributed by atoms with Crippen LogP contribution >= 0.6 is 0 Å². The molecule has 0 radical (unpaired) electrons. The number of likely N-dealkylation sites (N-methyl/N-ethyl adjacent to an activating group) is 1. The van der Waals surface area contributed by atoms with E-state index in [1.165, 1.54) is 25.7 Å². The minimum absolute atomic E-state index is 0.365. The molecule has 1 aliphatic carbocycles. The van der Waals surface area contributed by atoms with Gasteiger partial charge in [-0.25, -0.2) is 0 Å². The largest absolute Gasteiger partial charge is 0.380 e. The van der Waals surface area contributed by atoms with Crippen LogP contribution in [0.5, 0.6) is 0 Å². The maximum atomic E-state index is 6.28. The average molecular weight is 228 g/mol. The van der Waals surface area contributed by atoms with Crippen LogP contribution in [0.1, 0.15) is 39.5 Å². The highest BCUT2D eigenvalue weighted by Crippen LogP contribution is 2.27. The fourth-order valence-electron chi connectivity index (χ4n) is 2.55. The second kappa shape index (κ2) is 8.04. The van der Waals surface area contributed by atoms with Crippen LogP contribution in [0, 0.1) is 5.92 Å². The van der Waals surface area contributed by atoms with Crippen molar-refractivity contribution in [2.75, 3.05) is 32.8 Å². The smallest absolute Gasteiger partial charge is 0.0593 e. The maximum absolute atomic E-state index is 6.28. The molecule has 1 aliphatic rings. The predicted molar refractivity (Wildman–Crippen MR) is 68.5 cm³/mol. The molecule has 0 spiro atoms. The van der Waals surface area contributed by atoms with Gasteiger partial charge in [-0.3, -0.25) is 4.90 Å². The van der Waals surface area contributed by atoms with Crippen molar-refractivity contribution in [1.82, 2.24) is 4.90 Å². The van der Waals surface area contributed by atoms with Gasteiger partial charge in [-0.05, 0) is 32.2 Å². The number of hydrogen-bond acceptors (Lipinski definition) is 3. The molecule has 1 saturated carbocycles. The summed E-state index contributed by atoms with van der Waals surface area (Å²) in [5.41, 5.74) is 6.28. The summed E-state index contributed by atoms with van der Waals surface area (Å²) in [6.45, 7) is 9.02. The molecular weight excluding hydrogens is 200 g/mol. The molecular formula is C13H28N2O. The molecule has 1 atom stereocenters. The Morgan fingerprint density at radius 3 is 2.56 bits per heavy atom. The topological polar surface area (TPSA) is 38.5 Å². The summed E-state index contributed by atoms with van der Waals surface area (Å²) in [6, 6.07) is 0.365. The first-order valence-electron chi connectivity index (χ1n) is 6.83. The van der Waals surface area contributed by atoms with E-state index in [1.807, 2.05) is 6.92 Å². The molecule has 0 heterocycles. The van der Waals surface area contributed by atoms with E-state index in [4.69, 9.17) is 10.5 Å². The number of rotatable bonds is 8. The first kappa shape index (κ1) is 13.9. The van der Waals surface area contributed by atoms with E-state index in [0.29, 0.717) is 6.04 Å². The molecule has 0 amide bonds. The number of ether oxygens (including phenoxy) is 1. The van der Waals surface area contributed by atoms with Gasteiger partial charge in [-0.2, -0.15) is 0 Å². The lowest BCUT2D eigenvalue weighted by molar-refractivity contribution is 0.110. The fourth-order valence-corrected chi connectivity index (χ4v) is 2.55. The van der Waals surface area contributed by atoms with Crippen molar-refractivity contribution >= 4 is 0 Å². The molecule has 1 rings (SSSR count). The van der Waals surface area contributed by atoms with Gasteiger partial charge in [0.25, 0.3) is 0 Å². The van der Waals surface area contributed by atoms with Crippen LogP contribution in [0.4, 0.5) is 0 Å². The third kappa shape index (κ3) is 4.81. The van der Waals surface area contributed by atoms with Gasteiger partial charge >= 0.3 is 0 Å². The number of nitrogens with two attached hydrogens (primary N) is 1. The maximum Gasteiger partial charge on any atom is 0.0593 e. The van der Waals surface area contributed by atoms with Crippen molar-refractivity contribution in [3.63, 3.8) is 0 Å². The molecule has 0 aromatic carbocycles. The second-order valence-electron chi connectivity index (χ2n) is 4.80. The normalized spacial score (nSPS) is 19.5. The molecule has 0 saturated heterocycles. The van der Waals surface area contributed by atoms with E-state index in [2.05, 4.69) is 11.8 Å². The van der Waals surface area contributed by atoms with Gasteiger partial charge in [0.05, 0.1) is 6.61 Å². The van der Waals surface area contributed by atoms with Crippen LogP contribution in [-0.4, -0.2) is 43.8 Å².